The van der Waals surface area contributed by atoms with Crippen molar-refractivity contribution in [2.75, 3.05) is 6.54 Å². The number of aromatic amines is 1. The molecule has 0 amide bonds. The molecule has 0 bridgehead atoms. The first kappa shape index (κ1) is 11.1. The maximum Gasteiger partial charge on any atom is 0.0459 e. The van der Waals surface area contributed by atoms with Crippen molar-refractivity contribution in [1.29, 1.82) is 0 Å². The zero-order chi connectivity index (χ0) is 13.1. The van der Waals surface area contributed by atoms with Gasteiger partial charge in [-0.3, -0.25) is 4.90 Å². The highest BCUT2D eigenvalue weighted by atomic mass is 32.1. The number of nitrogens with one attached hydrogen (secondary N) is 1. The van der Waals surface area contributed by atoms with Crippen LogP contribution in [0.25, 0.3) is 10.9 Å². The van der Waals surface area contributed by atoms with Crippen molar-refractivity contribution < 1.29 is 0 Å². The number of thiophene rings is 1. The van der Waals surface area contributed by atoms with Crippen molar-refractivity contribution in [3.05, 3.63) is 57.4 Å². The molecule has 0 saturated carbocycles. The van der Waals surface area contributed by atoms with Gasteiger partial charge in [-0.1, -0.05) is 18.2 Å². The molecular weight excluding hydrogens is 264 g/mol. The van der Waals surface area contributed by atoms with Gasteiger partial charge in [0.05, 0.1) is 0 Å². The predicted molar refractivity (Wildman–Crippen MR) is 83.2 cm³/mol. The second-order valence-electron chi connectivity index (χ2n) is 5.87. The maximum atomic E-state index is 3.63. The fourth-order valence-corrected chi connectivity index (χ4v) is 4.83. The zero-order valence-electron chi connectivity index (χ0n) is 11.2. The number of rotatable bonds is 0. The molecule has 0 fully saturated rings. The second-order valence-corrected chi connectivity index (χ2v) is 6.87. The Kier molecular flexibility index (Phi) is 2.20. The average molecular weight is 280 g/mol. The van der Waals surface area contributed by atoms with Gasteiger partial charge in [0.15, 0.2) is 0 Å². The fourth-order valence-electron chi connectivity index (χ4n) is 3.90. The molecule has 2 aliphatic rings. The van der Waals surface area contributed by atoms with Crippen molar-refractivity contribution in [2.45, 2.75) is 25.4 Å². The number of hydrogen-bond acceptors (Lipinski definition) is 2. The molecule has 2 aliphatic heterocycles. The maximum absolute atomic E-state index is 3.63. The van der Waals surface area contributed by atoms with Gasteiger partial charge in [0.2, 0.25) is 0 Å². The van der Waals surface area contributed by atoms with Gasteiger partial charge in [-0.25, -0.2) is 0 Å². The summed E-state index contributed by atoms with van der Waals surface area (Å²) < 4.78 is 0. The van der Waals surface area contributed by atoms with E-state index in [1.54, 1.807) is 16.0 Å². The van der Waals surface area contributed by atoms with Crippen molar-refractivity contribution >= 4 is 22.2 Å². The predicted octanol–water partition coefficient (Wildman–Crippen LogP) is 3.88. The van der Waals surface area contributed by atoms with Crippen LogP contribution in [0.3, 0.4) is 0 Å². The Hall–Kier alpha value is -1.58. The molecule has 100 valence electrons. The van der Waals surface area contributed by atoms with Gasteiger partial charge in [-0.15, -0.1) is 11.3 Å². The highest BCUT2D eigenvalue weighted by molar-refractivity contribution is 7.10. The minimum atomic E-state index is 0.594. The van der Waals surface area contributed by atoms with Crippen molar-refractivity contribution in [3.8, 4) is 0 Å². The van der Waals surface area contributed by atoms with Crippen molar-refractivity contribution in [1.82, 2.24) is 9.88 Å². The average Bonchev–Trinajstić information content (AvgIpc) is 3.09. The molecule has 0 spiro atoms. The fraction of sp³-hybridized carbons (Fsp3) is 0.294. The molecule has 0 unspecified atom stereocenters. The number of nitrogens with zero attached hydrogens (tertiary/aromatic N) is 1. The van der Waals surface area contributed by atoms with Gasteiger partial charge < -0.3 is 4.98 Å². The van der Waals surface area contributed by atoms with E-state index in [2.05, 4.69) is 45.6 Å². The summed E-state index contributed by atoms with van der Waals surface area (Å²) in [5.74, 6) is 0. The highest BCUT2D eigenvalue weighted by Crippen LogP contribution is 2.41. The Balaban J connectivity index is 1.68. The summed E-state index contributed by atoms with van der Waals surface area (Å²) in [7, 11) is 0. The zero-order valence-corrected chi connectivity index (χ0v) is 12.0. The first-order valence-corrected chi connectivity index (χ1v) is 8.17. The molecule has 0 saturated heterocycles. The Morgan fingerprint density at radius 3 is 3.15 bits per heavy atom. The first-order valence-electron chi connectivity index (χ1n) is 7.29. The third-order valence-corrected chi connectivity index (χ3v) is 5.86. The lowest BCUT2D eigenvalue weighted by Crippen LogP contribution is -2.38. The second kappa shape index (κ2) is 3.96. The molecule has 1 aromatic carbocycles. The standard InChI is InChI=1S/C17H16N2S/c1-2-4-14-11(3-1)13-9-16-12-6-8-20-17(12)5-7-19(16)10-15(13)18-14/h1-4,6,8,16,18H,5,7,9-10H2/t16-/m0/s1. The van der Waals surface area contributed by atoms with E-state index in [1.807, 2.05) is 11.3 Å². The monoisotopic (exact) mass is 280 g/mol. The molecule has 3 heteroatoms. The van der Waals surface area contributed by atoms with Crippen LogP contribution in [0.2, 0.25) is 0 Å². The number of hydrogen-bond donors (Lipinski definition) is 1. The van der Waals surface area contributed by atoms with Gasteiger partial charge >= 0.3 is 0 Å². The molecule has 2 nitrogen and oxygen atoms in total. The molecular formula is C17H16N2S. The topological polar surface area (TPSA) is 19.0 Å². The van der Waals surface area contributed by atoms with Crippen molar-refractivity contribution in [3.63, 3.8) is 0 Å². The highest BCUT2D eigenvalue weighted by Gasteiger charge is 2.33. The lowest BCUT2D eigenvalue weighted by molar-refractivity contribution is 0.161. The number of para-hydroxylation sites is 1. The van der Waals surface area contributed by atoms with Gasteiger partial charge in [0.25, 0.3) is 0 Å². The Bertz CT molecular complexity index is 798. The van der Waals surface area contributed by atoms with Crippen LogP contribution >= 0.6 is 11.3 Å². The third kappa shape index (κ3) is 1.42. The van der Waals surface area contributed by atoms with Gasteiger partial charge in [-0.2, -0.15) is 0 Å². The van der Waals surface area contributed by atoms with Crippen LogP contribution < -0.4 is 0 Å². The van der Waals surface area contributed by atoms with E-state index in [0.29, 0.717) is 6.04 Å². The summed E-state index contributed by atoms with van der Waals surface area (Å²) in [6, 6.07) is 11.7. The number of aromatic nitrogens is 1. The summed E-state index contributed by atoms with van der Waals surface area (Å²) in [6.07, 6.45) is 2.38. The van der Waals surface area contributed by atoms with E-state index in [9.17, 15) is 0 Å². The number of H-pyrrole nitrogens is 1. The Labute approximate surface area is 122 Å². The molecule has 2 aromatic heterocycles. The molecule has 5 rings (SSSR count). The minimum Gasteiger partial charge on any atom is -0.357 e. The van der Waals surface area contributed by atoms with E-state index >= 15 is 0 Å². The number of benzene rings is 1. The van der Waals surface area contributed by atoms with Crippen LogP contribution in [0.1, 0.15) is 27.7 Å². The van der Waals surface area contributed by atoms with E-state index in [0.717, 1.165) is 13.0 Å². The van der Waals surface area contributed by atoms with Crippen molar-refractivity contribution in [2.24, 2.45) is 0 Å². The van der Waals surface area contributed by atoms with Crippen LogP contribution in [-0.4, -0.2) is 16.4 Å². The molecule has 1 atom stereocenters. The van der Waals surface area contributed by atoms with Crippen LogP contribution in [0, 0.1) is 0 Å². The van der Waals surface area contributed by atoms with Gasteiger partial charge in [0.1, 0.15) is 0 Å². The third-order valence-electron chi connectivity index (χ3n) is 4.87. The lowest BCUT2D eigenvalue weighted by Gasteiger charge is -2.39. The van der Waals surface area contributed by atoms with E-state index < -0.39 is 0 Å². The molecule has 4 heterocycles. The SMILES string of the molecule is c1ccc2c3c([nH]c2c1)CN1CCc2sccc2[C@@H]1C3. The Morgan fingerprint density at radius 2 is 2.15 bits per heavy atom. The summed E-state index contributed by atoms with van der Waals surface area (Å²) in [5.41, 5.74) is 5.85. The van der Waals surface area contributed by atoms with Crippen LogP contribution in [-0.2, 0) is 19.4 Å². The molecule has 20 heavy (non-hydrogen) atoms. The summed E-state index contributed by atoms with van der Waals surface area (Å²) in [4.78, 5) is 7.88. The van der Waals surface area contributed by atoms with Crippen LogP contribution in [0.5, 0.6) is 0 Å². The van der Waals surface area contributed by atoms with Gasteiger partial charge in [-0.05, 0) is 41.5 Å². The summed E-state index contributed by atoms with van der Waals surface area (Å²) >= 11 is 1.93. The number of fused-ring (bicyclic) bond motifs is 6. The first-order chi connectivity index (χ1) is 9.90. The van der Waals surface area contributed by atoms with Crippen LogP contribution in [0.4, 0.5) is 0 Å². The van der Waals surface area contributed by atoms with Gasteiger partial charge in [0, 0.05) is 40.6 Å². The van der Waals surface area contributed by atoms with E-state index in [-0.39, 0.29) is 0 Å². The normalized spacial score (nSPS) is 21.5. The molecule has 0 radical (unpaired) electrons. The molecule has 1 N–H and O–H groups in total. The minimum absolute atomic E-state index is 0.594. The largest absolute Gasteiger partial charge is 0.357 e. The lowest BCUT2D eigenvalue weighted by atomic mass is 9.89. The molecule has 3 aromatic rings. The Morgan fingerprint density at radius 1 is 1.20 bits per heavy atom. The van der Waals surface area contributed by atoms with Crippen LogP contribution in [0.15, 0.2) is 35.7 Å². The summed E-state index contributed by atoms with van der Waals surface area (Å²) in [5, 5.41) is 3.68. The molecule has 0 aliphatic carbocycles. The van der Waals surface area contributed by atoms with E-state index in [1.165, 1.54) is 29.6 Å². The smallest absolute Gasteiger partial charge is 0.0459 e. The summed E-state index contributed by atoms with van der Waals surface area (Å²) in [6.45, 7) is 2.27. The van der Waals surface area contributed by atoms with E-state index in [4.69, 9.17) is 0 Å². The quantitative estimate of drug-likeness (QED) is 0.662.